The number of nitrogens with zero attached hydrogens (tertiary/aromatic N) is 2. The highest BCUT2D eigenvalue weighted by Crippen LogP contribution is 2.29. The molecule has 2 heterocycles. The van der Waals surface area contributed by atoms with E-state index < -0.39 is 0 Å². The Morgan fingerprint density at radius 3 is 2.75 bits per heavy atom. The molecule has 1 aliphatic carbocycles. The number of nitrogens with one attached hydrogen (secondary N) is 1. The van der Waals surface area contributed by atoms with Crippen LogP contribution in [0.25, 0.3) is 0 Å². The molecule has 2 aliphatic heterocycles. The van der Waals surface area contributed by atoms with Crippen LogP contribution in [0.1, 0.15) is 45.4 Å². The van der Waals surface area contributed by atoms with Gasteiger partial charge in [0.2, 0.25) is 5.91 Å². The Labute approximate surface area is 122 Å². The lowest BCUT2D eigenvalue weighted by Gasteiger charge is -2.34. The maximum Gasteiger partial charge on any atom is 0.219 e. The smallest absolute Gasteiger partial charge is 0.219 e. The van der Waals surface area contributed by atoms with Gasteiger partial charge in [0.05, 0.1) is 0 Å². The second-order valence-corrected chi connectivity index (χ2v) is 6.91. The first kappa shape index (κ1) is 14.3. The van der Waals surface area contributed by atoms with Crippen LogP contribution in [0.5, 0.6) is 0 Å². The molecule has 1 N–H and O–H groups in total. The molecule has 3 fully saturated rings. The summed E-state index contributed by atoms with van der Waals surface area (Å²) in [7, 11) is 0. The molecular formula is C16H29N3O. The molecule has 2 saturated heterocycles. The molecule has 4 heteroatoms. The Morgan fingerprint density at radius 1 is 1.25 bits per heavy atom. The molecular weight excluding hydrogens is 250 g/mol. The number of carbonyl (C=O) groups excluding carboxylic acids is 1. The maximum atomic E-state index is 11.8. The van der Waals surface area contributed by atoms with Gasteiger partial charge >= 0.3 is 0 Å². The third-order valence-corrected chi connectivity index (χ3v) is 5.19. The fraction of sp³-hybridized carbons (Fsp3) is 0.938. The summed E-state index contributed by atoms with van der Waals surface area (Å²) in [6, 6.07) is 1.17. The van der Waals surface area contributed by atoms with Crippen molar-refractivity contribution in [3.05, 3.63) is 0 Å². The van der Waals surface area contributed by atoms with E-state index in [1.54, 1.807) is 6.92 Å². The van der Waals surface area contributed by atoms with Crippen LogP contribution in [-0.2, 0) is 4.79 Å². The molecule has 0 aromatic carbocycles. The van der Waals surface area contributed by atoms with E-state index in [1.807, 2.05) is 0 Å². The van der Waals surface area contributed by atoms with Gasteiger partial charge < -0.3 is 10.2 Å². The van der Waals surface area contributed by atoms with Crippen LogP contribution in [0.15, 0.2) is 0 Å². The van der Waals surface area contributed by atoms with E-state index in [4.69, 9.17) is 0 Å². The highest BCUT2D eigenvalue weighted by atomic mass is 16.2. The molecule has 1 amide bonds. The monoisotopic (exact) mass is 279 g/mol. The summed E-state index contributed by atoms with van der Waals surface area (Å²) in [6.07, 6.45) is 7.72. The molecule has 0 aromatic heterocycles. The van der Waals surface area contributed by atoms with Crippen LogP contribution < -0.4 is 5.32 Å². The minimum Gasteiger partial charge on any atom is -0.338 e. The summed E-state index contributed by atoms with van der Waals surface area (Å²) in [5, 5.41) is 3.52. The fourth-order valence-electron chi connectivity index (χ4n) is 3.90. The van der Waals surface area contributed by atoms with Gasteiger partial charge in [-0.1, -0.05) is 0 Å². The second-order valence-electron chi connectivity index (χ2n) is 6.91. The van der Waals surface area contributed by atoms with Crippen molar-refractivity contribution in [3.8, 4) is 0 Å². The van der Waals surface area contributed by atoms with Gasteiger partial charge in [0.25, 0.3) is 0 Å². The van der Waals surface area contributed by atoms with Crippen molar-refractivity contribution in [1.29, 1.82) is 0 Å². The quantitative estimate of drug-likeness (QED) is 0.827. The summed E-state index contributed by atoms with van der Waals surface area (Å²) in [4.78, 5) is 16.6. The number of likely N-dealkylation sites (tertiary alicyclic amines) is 1. The van der Waals surface area contributed by atoms with E-state index in [9.17, 15) is 4.79 Å². The molecule has 0 spiro atoms. The number of amides is 1. The number of hydrogen-bond acceptors (Lipinski definition) is 3. The first-order valence-corrected chi connectivity index (χ1v) is 8.46. The predicted molar refractivity (Wildman–Crippen MR) is 80.6 cm³/mol. The van der Waals surface area contributed by atoms with Crippen molar-refractivity contribution in [1.82, 2.24) is 15.1 Å². The average Bonchev–Trinajstić information content (AvgIpc) is 3.19. The normalized spacial score (nSPS) is 31.4. The topological polar surface area (TPSA) is 35.6 Å². The molecule has 2 atom stereocenters. The number of piperidine rings is 1. The van der Waals surface area contributed by atoms with Crippen LogP contribution in [-0.4, -0.2) is 60.5 Å². The van der Waals surface area contributed by atoms with Gasteiger partial charge in [0.15, 0.2) is 0 Å². The lowest BCUT2D eigenvalue weighted by molar-refractivity contribution is -0.130. The van der Waals surface area contributed by atoms with Crippen LogP contribution in [0.4, 0.5) is 0 Å². The van der Waals surface area contributed by atoms with Crippen LogP contribution >= 0.6 is 0 Å². The van der Waals surface area contributed by atoms with Gasteiger partial charge in [-0.2, -0.15) is 0 Å². The Morgan fingerprint density at radius 2 is 2.10 bits per heavy atom. The van der Waals surface area contributed by atoms with E-state index in [2.05, 4.69) is 15.1 Å². The van der Waals surface area contributed by atoms with Gasteiger partial charge in [0, 0.05) is 32.1 Å². The van der Waals surface area contributed by atoms with Gasteiger partial charge in [-0.3, -0.25) is 9.69 Å². The maximum absolute atomic E-state index is 11.8. The lowest BCUT2D eigenvalue weighted by atomic mass is 9.99. The van der Waals surface area contributed by atoms with Crippen LogP contribution in [0, 0.1) is 5.92 Å². The standard InChI is InChI=1S/C16H29N3O/c1-13(20)19(15-6-7-15)12-16-5-3-9-18(16)11-14-4-2-8-17-10-14/h14-17H,2-12H2,1H3. The summed E-state index contributed by atoms with van der Waals surface area (Å²) >= 11 is 0. The molecule has 0 bridgehead atoms. The van der Waals surface area contributed by atoms with Gasteiger partial charge in [-0.25, -0.2) is 0 Å². The van der Waals surface area contributed by atoms with Gasteiger partial charge in [0.1, 0.15) is 0 Å². The SMILES string of the molecule is CC(=O)N(CC1CCCN1CC1CCCNC1)C1CC1. The van der Waals surface area contributed by atoms with Crippen molar-refractivity contribution in [2.75, 3.05) is 32.7 Å². The van der Waals surface area contributed by atoms with Crippen LogP contribution in [0.3, 0.4) is 0 Å². The molecule has 0 radical (unpaired) electrons. The molecule has 1 saturated carbocycles. The Balaban J connectivity index is 1.53. The first-order valence-electron chi connectivity index (χ1n) is 8.46. The van der Waals surface area contributed by atoms with E-state index in [0.29, 0.717) is 12.1 Å². The molecule has 2 unspecified atom stereocenters. The van der Waals surface area contributed by atoms with Gasteiger partial charge in [-0.05, 0) is 64.1 Å². The Kier molecular flexibility index (Phi) is 4.61. The largest absolute Gasteiger partial charge is 0.338 e. The summed E-state index contributed by atoms with van der Waals surface area (Å²) in [5.74, 6) is 1.09. The third kappa shape index (κ3) is 3.53. The highest BCUT2D eigenvalue weighted by molar-refractivity contribution is 5.74. The third-order valence-electron chi connectivity index (χ3n) is 5.19. The molecule has 114 valence electrons. The zero-order valence-corrected chi connectivity index (χ0v) is 12.8. The predicted octanol–water partition coefficient (Wildman–Crippen LogP) is 1.46. The van der Waals surface area contributed by atoms with Crippen LogP contribution in [0.2, 0.25) is 0 Å². The molecule has 0 aromatic rings. The summed E-state index contributed by atoms with van der Waals surface area (Å²) < 4.78 is 0. The number of rotatable bonds is 5. The van der Waals surface area contributed by atoms with Crippen molar-refractivity contribution < 1.29 is 4.79 Å². The van der Waals surface area contributed by atoms with Crippen molar-refractivity contribution in [3.63, 3.8) is 0 Å². The molecule has 4 nitrogen and oxygen atoms in total. The Bertz CT molecular complexity index is 337. The Hall–Kier alpha value is -0.610. The number of carbonyl (C=O) groups is 1. The van der Waals surface area contributed by atoms with Crippen molar-refractivity contribution in [2.24, 2.45) is 5.92 Å². The number of hydrogen-bond donors (Lipinski definition) is 1. The molecule has 3 aliphatic rings. The summed E-state index contributed by atoms with van der Waals surface area (Å²) in [6.45, 7) is 7.55. The zero-order chi connectivity index (χ0) is 13.9. The minimum atomic E-state index is 0.277. The molecule has 20 heavy (non-hydrogen) atoms. The second kappa shape index (κ2) is 6.44. The van der Waals surface area contributed by atoms with Crippen molar-refractivity contribution >= 4 is 5.91 Å². The highest BCUT2D eigenvalue weighted by Gasteiger charge is 2.35. The molecule has 3 rings (SSSR count). The zero-order valence-electron chi connectivity index (χ0n) is 12.8. The van der Waals surface area contributed by atoms with E-state index in [0.717, 1.165) is 12.5 Å². The lowest BCUT2D eigenvalue weighted by Crippen LogP contribution is -2.46. The minimum absolute atomic E-state index is 0.277. The van der Waals surface area contributed by atoms with Crippen molar-refractivity contribution in [2.45, 2.75) is 57.5 Å². The summed E-state index contributed by atoms with van der Waals surface area (Å²) in [5.41, 5.74) is 0. The van der Waals surface area contributed by atoms with E-state index in [1.165, 1.54) is 64.7 Å². The first-order chi connectivity index (χ1) is 9.74. The van der Waals surface area contributed by atoms with E-state index in [-0.39, 0.29) is 5.91 Å². The average molecular weight is 279 g/mol. The fourth-order valence-corrected chi connectivity index (χ4v) is 3.90. The van der Waals surface area contributed by atoms with E-state index >= 15 is 0 Å². The van der Waals surface area contributed by atoms with Gasteiger partial charge in [-0.15, -0.1) is 0 Å².